The highest BCUT2D eigenvalue weighted by atomic mass is 32.1. The van der Waals surface area contributed by atoms with Gasteiger partial charge in [0, 0.05) is 141 Å². The number of ether oxygens (including phenoxy) is 5. The fraction of sp³-hybridized carbons (Fsp3) is 0.617. The molecule has 2 N–H and O–H groups in total. The minimum atomic E-state index is -1.04. The predicted molar refractivity (Wildman–Crippen MR) is 302 cm³/mol. The van der Waals surface area contributed by atoms with Crippen molar-refractivity contribution in [3.63, 3.8) is 0 Å². The number of hydrogen-bond acceptors (Lipinski definition) is 17. The van der Waals surface area contributed by atoms with Crippen molar-refractivity contribution in [2.24, 2.45) is 22.7 Å². The van der Waals surface area contributed by atoms with E-state index in [0.717, 1.165) is 106 Å². The van der Waals surface area contributed by atoms with Crippen LogP contribution in [0.2, 0.25) is 0 Å². The van der Waals surface area contributed by atoms with Crippen LogP contribution in [0, 0.1) is 22.7 Å². The number of carbonyl (C=O) groups is 3. The lowest BCUT2D eigenvalue weighted by Gasteiger charge is -2.58. The number of aromatic nitrogens is 5. The molecule has 6 aliphatic heterocycles. The number of carbonyl (C=O) groups excluding carboxylic acids is 3. The average Bonchev–Trinajstić information content (AvgIpc) is 4.07. The largest absolute Gasteiger partial charge is 0.464 e. The topological polar surface area (TPSA) is 191 Å². The molecule has 0 radical (unpaired) electrons. The number of fused-ring (bicyclic) bond motifs is 6. The summed E-state index contributed by atoms with van der Waals surface area (Å²) in [6.07, 6.45) is 11.0. The molecule has 2 aliphatic carbocycles. The number of hydrazine groups is 1. The standard InChI is InChI=1S/C60H77N11O8S/c1-36-49(45-12-15-61-35-63-45)50(36)55(72)65-52-54(69-30-60(31-69)33-77-34-60)56-64-47(29-80-56)38-8-11-48-42(25-38)44(27-59(3,4)32-79-58(74)46-7-6-16-71(66-46)57(52)73)53(70(48)21-24-78-41-13-22-76-23-14-41)43-26-40(28-62-51(43)37(2)75-5)68-19-17-67(18-20-68)39-9-10-39/h8,11-12,15,25-26,28-29,35-37,39,41,46,49-50,52,54,66H,6-7,9-10,13-14,16-24,27,30-34H2,1-5H3,(H,65,72)/t36-,37-,46-,49-,50+,52-,54-/m0/s1. The Kier molecular flexibility index (Phi) is 14.8. The Labute approximate surface area is 472 Å². The van der Waals surface area contributed by atoms with Crippen LogP contribution in [0.4, 0.5) is 5.69 Å². The van der Waals surface area contributed by atoms with Crippen molar-refractivity contribution in [1.29, 1.82) is 0 Å². The third-order valence-electron chi connectivity index (χ3n) is 18.5. The molecule has 19 nitrogen and oxygen atoms in total. The fourth-order valence-electron chi connectivity index (χ4n) is 13.7. The number of esters is 1. The molecule has 8 aliphatic rings. The van der Waals surface area contributed by atoms with Gasteiger partial charge in [-0.05, 0) is 87.6 Å². The van der Waals surface area contributed by atoms with E-state index in [9.17, 15) is 9.59 Å². The Morgan fingerprint density at radius 1 is 0.963 bits per heavy atom. The zero-order valence-electron chi connectivity index (χ0n) is 46.9. The number of piperazine rings is 1. The zero-order chi connectivity index (χ0) is 54.9. The second-order valence-electron chi connectivity index (χ2n) is 24.9. The molecule has 7 fully saturated rings. The second-order valence-corrected chi connectivity index (χ2v) is 25.7. The number of thiazole rings is 1. The average molecular weight is 1110 g/mol. The number of benzene rings is 1. The molecular weight excluding hydrogens is 1030 g/mol. The lowest BCUT2D eigenvalue weighted by atomic mass is 9.76. The molecule has 5 aromatic rings. The summed E-state index contributed by atoms with van der Waals surface area (Å²) in [6, 6.07) is 9.14. The molecule has 6 bridgehead atoms. The number of hydrogen-bond donors (Lipinski definition) is 2. The quantitative estimate of drug-likeness (QED) is 0.124. The Morgan fingerprint density at radius 3 is 2.51 bits per heavy atom. The van der Waals surface area contributed by atoms with Crippen LogP contribution >= 0.6 is 11.3 Å². The Hall–Kier alpha value is -5.45. The molecule has 426 valence electrons. The molecule has 7 atom stereocenters. The molecule has 2 saturated carbocycles. The summed E-state index contributed by atoms with van der Waals surface area (Å²) in [5, 5.41) is 8.75. The van der Waals surface area contributed by atoms with E-state index in [-0.39, 0.29) is 53.8 Å². The molecular formula is C60H77N11O8S. The summed E-state index contributed by atoms with van der Waals surface area (Å²) >= 11 is 1.51. The maximum Gasteiger partial charge on any atom is 0.324 e. The van der Waals surface area contributed by atoms with Gasteiger partial charge in [0.1, 0.15) is 23.4 Å². The molecule has 2 amide bonds. The molecule has 10 heterocycles. The van der Waals surface area contributed by atoms with Crippen LogP contribution in [0.3, 0.4) is 0 Å². The van der Waals surface area contributed by atoms with Gasteiger partial charge in [0.05, 0.1) is 73.6 Å². The third-order valence-corrected chi connectivity index (χ3v) is 19.4. The van der Waals surface area contributed by atoms with Crippen LogP contribution in [0.15, 0.2) is 54.4 Å². The van der Waals surface area contributed by atoms with Crippen molar-refractivity contribution < 1.29 is 38.1 Å². The first kappa shape index (κ1) is 53.8. The molecule has 5 saturated heterocycles. The molecule has 1 aromatic carbocycles. The fourth-order valence-corrected chi connectivity index (χ4v) is 14.7. The van der Waals surface area contributed by atoms with Crippen LogP contribution in [-0.4, -0.2) is 174 Å². The van der Waals surface area contributed by atoms with Crippen LogP contribution in [0.1, 0.15) is 106 Å². The molecule has 1 spiro atoms. The van der Waals surface area contributed by atoms with Gasteiger partial charge in [-0.3, -0.25) is 34.2 Å². The van der Waals surface area contributed by atoms with Crippen molar-refractivity contribution in [3.05, 3.63) is 76.4 Å². The Bertz CT molecular complexity index is 3090. The number of cyclic esters (lactones) is 1. The summed E-state index contributed by atoms with van der Waals surface area (Å²) in [6.45, 7) is 18.0. The van der Waals surface area contributed by atoms with Crippen molar-refractivity contribution in [3.8, 4) is 22.5 Å². The van der Waals surface area contributed by atoms with E-state index in [2.05, 4.69) is 97.3 Å². The van der Waals surface area contributed by atoms with Crippen LogP contribution < -0.4 is 15.6 Å². The van der Waals surface area contributed by atoms with Gasteiger partial charge in [0.15, 0.2) is 0 Å². The summed E-state index contributed by atoms with van der Waals surface area (Å²) in [7, 11) is 1.74. The van der Waals surface area contributed by atoms with E-state index in [1.807, 2.05) is 12.3 Å². The van der Waals surface area contributed by atoms with Crippen LogP contribution in [0.5, 0.6) is 0 Å². The van der Waals surface area contributed by atoms with E-state index in [4.69, 9.17) is 33.7 Å². The Balaban J connectivity index is 0.940. The maximum atomic E-state index is 15.4. The lowest BCUT2D eigenvalue weighted by Crippen LogP contribution is -2.70. The number of nitrogens with one attached hydrogen (secondary N) is 2. The van der Waals surface area contributed by atoms with Gasteiger partial charge >= 0.3 is 5.97 Å². The summed E-state index contributed by atoms with van der Waals surface area (Å²) in [4.78, 5) is 71.5. The highest BCUT2D eigenvalue weighted by Crippen LogP contribution is 2.54. The number of rotatable bonds is 13. The summed E-state index contributed by atoms with van der Waals surface area (Å²) < 4.78 is 33.1. The van der Waals surface area contributed by atoms with Gasteiger partial charge in [0.2, 0.25) is 5.91 Å². The summed E-state index contributed by atoms with van der Waals surface area (Å²) in [5.41, 5.74) is 11.4. The maximum absolute atomic E-state index is 15.4. The predicted octanol–water partition coefficient (Wildman–Crippen LogP) is 6.33. The SMILES string of the molecule is CO[C@@H](C)c1ncc(N2CCN(C3CC3)CC2)cc1-c1c2c3cc(ccc3n1CCOC1CCOCC1)-c1csc(n1)[C@@H](N1CC3(COC3)C1)[C@H](NC(=O)[C@@H]1[C@@H](C)[C@H]1c1ccncn1)C(=O)N1CCC[C@H](N1)C(=O)OCC(C)(C)C2. The van der Waals surface area contributed by atoms with Crippen molar-refractivity contribution >= 4 is 45.7 Å². The second kappa shape index (κ2) is 22.0. The first-order valence-corrected chi connectivity index (χ1v) is 30.2. The Morgan fingerprint density at radius 2 is 1.77 bits per heavy atom. The van der Waals surface area contributed by atoms with Gasteiger partial charge in [-0.1, -0.05) is 26.8 Å². The number of amides is 2. The molecule has 13 rings (SSSR count). The highest BCUT2D eigenvalue weighted by molar-refractivity contribution is 7.10. The normalized spacial score (nSPS) is 27.8. The molecule has 80 heavy (non-hydrogen) atoms. The first-order valence-electron chi connectivity index (χ1n) is 29.3. The zero-order valence-corrected chi connectivity index (χ0v) is 47.8. The number of nitrogens with zero attached hydrogens (tertiary/aromatic N) is 9. The van der Waals surface area contributed by atoms with E-state index >= 15 is 4.79 Å². The van der Waals surface area contributed by atoms with Crippen molar-refractivity contribution in [1.82, 2.24) is 50.1 Å². The minimum Gasteiger partial charge on any atom is -0.464 e. The number of anilines is 1. The minimum absolute atomic E-state index is 0.0117. The summed E-state index contributed by atoms with van der Waals surface area (Å²) in [5.74, 6) is -1.43. The van der Waals surface area contributed by atoms with Gasteiger partial charge in [-0.2, -0.15) is 0 Å². The van der Waals surface area contributed by atoms with Gasteiger partial charge in [-0.15, -0.1) is 11.3 Å². The van der Waals surface area contributed by atoms with E-state index in [1.54, 1.807) is 18.3 Å². The lowest BCUT2D eigenvalue weighted by molar-refractivity contribution is -0.202. The third kappa shape index (κ3) is 10.6. The van der Waals surface area contributed by atoms with E-state index < -0.39 is 29.5 Å². The van der Waals surface area contributed by atoms with Crippen molar-refractivity contribution in [2.45, 2.75) is 121 Å². The van der Waals surface area contributed by atoms with Crippen molar-refractivity contribution in [2.75, 3.05) is 97.5 Å². The number of likely N-dealkylation sites (tertiary alicyclic amines) is 1. The van der Waals surface area contributed by atoms with E-state index in [0.29, 0.717) is 78.5 Å². The van der Waals surface area contributed by atoms with Gasteiger partial charge in [-0.25, -0.2) is 20.4 Å². The van der Waals surface area contributed by atoms with Crippen LogP contribution in [0.25, 0.3) is 33.4 Å². The first-order chi connectivity index (χ1) is 38.8. The monoisotopic (exact) mass is 1110 g/mol. The highest BCUT2D eigenvalue weighted by Gasteiger charge is 2.57. The van der Waals surface area contributed by atoms with Gasteiger partial charge < -0.3 is 38.5 Å². The molecule has 0 unspecified atom stereocenters. The smallest absolute Gasteiger partial charge is 0.324 e. The molecule has 4 aromatic heterocycles. The molecule has 20 heteroatoms. The van der Waals surface area contributed by atoms with Crippen LogP contribution in [-0.2, 0) is 51.0 Å². The number of methoxy groups -OCH3 is 1. The van der Waals surface area contributed by atoms with Gasteiger partial charge in [0.25, 0.3) is 5.91 Å². The number of pyridine rings is 1. The van der Waals surface area contributed by atoms with E-state index in [1.165, 1.54) is 30.5 Å².